The minimum Gasteiger partial charge on any atom is -0.477 e. The Hall–Kier alpha value is -2.40. The number of aromatic carboxylic acids is 1. The second-order valence-electron chi connectivity index (χ2n) is 4.79. The number of rotatable bonds is 2. The predicted molar refractivity (Wildman–Crippen MR) is 79.9 cm³/mol. The highest BCUT2D eigenvalue weighted by Gasteiger charge is 2.17. The number of fused-ring (bicyclic) bond motifs is 1. The van der Waals surface area contributed by atoms with Crippen LogP contribution in [0.25, 0.3) is 16.8 Å². The molecule has 5 nitrogen and oxygen atoms in total. The lowest BCUT2D eigenvalue weighted by Gasteiger charge is -2.03. The number of carbonyl (C=O) groups is 1. The molecule has 1 aromatic carbocycles. The molecule has 6 heteroatoms. The van der Waals surface area contributed by atoms with Gasteiger partial charge in [-0.15, -0.1) is 0 Å². The van der Waals surface area contributed by atoms with Crippen LogP contribution in [-0.4, -0.2) is 25.7 Å². The first-order valence-electron chi connectivity index (χ1n) is 6.33. The molecule has 1 N–H and O–H groups in total. The molecular weight excluding hydrogens is 290 g/mol. The monoisotopic (exact) mass is 301 g/mol. The summed E-state index contributed by atoms with van der Waals surface area (Å²) in [4.78, 5) is 15.4. The van der Waals surface area contributed by atoms with Crippen LogP contribution in [0.2, 0.25) is 5.02 Å². The summed E-state index contributed by atoms with van der Waals surface area (Å²) in [6.45, 7) is 3.68. The molecule has 0 spiro atoms. The number of hydrogen-bond acceptors (Lipinski definition) is 3. The fourth-order valence-electron chi connectivity index (χ4n) is 2.33. The van der Waals surface area contributed by atoms with Crippen LogP contribution in [0.3, 0.4) is 0 Å². The number of carboxylic acid groups (broad SMARTS) is 1. The lowest BCUT2D eigenvalue weighted by atomic mass is 10.1. The Kier molecular flexibility index (Phi) is 3.14. The zero-order chi connectivity index (χ0) is 15.1. The van der Waals surface area contributed by atoms with Crippen LogP contribution >= 0.6 is 11.6 Å². The standard InChI is InChI=1S/C15H12ClN3O2/c1-8-7-12(15(20)21)17-14-13(9(2)18-19(8)14)10-3-5-11(16)6-4-10/h3-7H,1-2H3,(H,20,21). The normalized spacial score (nSPS) is 11.0. The van der Waals surface area contributed by atoms with E-state index in [-0.39, 0.29) is 5.69 Å². The number of aryl methyl sites for hydroxylation is 2. The molecule has 2 aromatic heterocycles. The van der Waals surface area contributed by atoms with Gasteiger partial charge in [-0.2, -0.15) is 5.10 Å². The number of carboxylic acids is 1. The van der Waals surface area contributed by atoms with Crippen molar-refractivity contribution >= 4 is 23.2 Å². The van der Waals surface area contributed by atoms with Gasteiger partial charge in [0.25, 0.3) is 0 Å². The molecular formula is C15H12ClN3O2. The first kappa shape index (κ1) is 13.6. The molecule has 0 bridgehead atoms. The van der Waals surface area contributed by atoms with Crippen LogP contribution < -0.4 is 0 Å². The summed E-state index contributed by atoms with van der Waals surface area (Å²) < 4.78 is 1.66. The second-order valence-corrected chi connectivity index (χ2v) is 5.23. The van der Waals surface area contributed by atoms with Gasteiger partial charge in [-0.3, -0.25) is 0 Å². The highest BCUT2D eigenvalue weighted by Crippen LogP contribution is 2.29. The minimum absolute atomic E-state index is 0.00936. The summed E-state index contributed by atoms with van der Waals surface area (Å²) >= 11 is 5.91. The van der Waals surface area contributed by atoms with E-state index in [4.69, 9.17) is 16.7 Å². The number of aromatic nitrogens is 3. The number of benzene rings is 1. The zero-order valence-electron chi connectivity index (χ0n) is 11.5. The minimum atomic E-state index is -1.05. The van der Waals surface area contributed by atoms with Crippen molar-refractivity contribution in [3.05, 3.63) is 52.4 Å². The molecule has 0 radical (unpaired) electrons. The van der Waals surface area contributed by atoms with Crippen LogP contribution in [0.5, 0.6) is 0 Å². The van der Waals surface area contributed by atoms with E-state index in [0.29, 0.717) is 10.7 Å². The van der Waals surface area contributed by atoms with E-state index in [1.54, 1.807) is 23.6 Å². The van der Waals surface area contributed by atoms with Gasteiger partial charge in [-0.1, -0.05) is 23.7 Å². The Morgan fingerprint density at radius 2 is 1.90 bits per heavy atom. The van der Waals surface area contributed by atoms with Gasteiger partial charge >= 0.3 is 5.97 Å². The fraction of sp³-hybridized carbons (Fsp3) is 0.133. The fourth-order valence-corrected chi connectivity index (χ4v) is 2.46. The van der Waals surface area contributed by atoms with Crippen molar-refractivity contribution in [1.29, 1.82) is 0 Å². The third-order valence-electron chi connectivity index (χ3n) is 3.29. The summed E-state index contributed by atoms with van der Waals surface area (Å²) in [6, 6.07) is 8.82. The van der Waals surface area contributed by atoms with E-state index in [9.17, 15) is 4.79 Å². The Balaban J connectivity index is 2.34. The van der Waals surface area contributed by atoms with E-state index in [0.717, 1.165) is 22.5 Å². The average Bonchev–Trinajstić information content (AvgIpc) is 2.77. The molecule has 0 aliphatic heterocycles. The number of hydrogen-bond donors (Lipinski definition) is 1. The van der Waals surface area contributed by atoms with Crippen LogP contribution in [-0.2, 0) is 0 Å². The molecule has 0 aliphatic carbocycles. The molecule has 0 aliphatic rings. The predicted octanol–water partition coefficient (Wildman–Crippen LogP) is 3.36. The summed E-state index contributed by atoms with van der Waals surface area (Å²) in [5, 5.41) is 14.2. The molecule has 2 heterocycles. The maximum absolute atomic E-state index is 11.2. The lowest BCUT2D eigenvalue weighted by Crippen LogP contribution is -2.05. The van der Waals surface area contributed by atoms with Gasteiger partial charge in [0.1, 0.15) is 0 Å². The molecule has 0 unspecified atom stereocenters. The molecule has 106 valence electrons. The van der Waals surface area contributed by atoms with Crippen LogP contribution in [0, 0.1) is 13.8 Å². The van der Waals surface area contributed by atoms with Crippen molar-refractivity contribution in [2.45, 2.75) is 13.8 Å². The van der Waals surface area contributed by atoms with Gasteiger partial charge in [0, 0.05) is 16.3 Å². The quantitative estimate of drug-likeness (QED) is 0.788. The average molecular weight is 302 g/mol. The van der Waals surface area contributed by atoms with E-state index < -0.39 is 5.97 Å². The Bertz CT molecular complexity index is 853. The Morgan fingerprint density at radius 1 is 1.24 bits per heavy atom. The number of nitrogens with zero attached hydrogens (tertiary/aromatic N) is 3. The first-order chi connectivity index (χ1) is 9.97. The maximum Gasteiger partial charge on any atom is 0.354 e. The molecule has 0 saturated heterocycles. The van der Waals surface area contributed by atoms with Gasteiger partial charge in [-0.05, 0) is 37.6 Å². The van der Waals surface area contributed by atoms with E-state index in [1.807, 2.05) is 19.1 Å². The summed E-state index contributed by atoms with van der Waals surface area (Å²) in [6.07, 6.45) is 0. The third kappa shape index (κ3) is 2.25. The number of halogens is 1. The zero-order valence-corrected chi connectivity index (χ0v) is 12.2. The van der Waals surface area contributed by atoms with Crippen molar-refractivity contribution in [3.63, 3.8) is 0 Å². The van der Waals surface area contributed by atoms with Crippen molar-refractivity contribution in [2.75, 3.05) is 0 Å². The molecule has 0 atom stereocenters. The topological polar surface area (TPSA) is 67.5 Å². The summed E-state index contributed by atoms with van der Waals surface area (Å²) in [7, 11) is 0. The van der Waals surface area contributed by atoms with E-state index in [1.165, 1.54) is 6.07 Å². The van der Waals surface area contributed by atoms with Gasteiger partial charge in [0.15, 0.2) is 11.3 Å². The molecule has 0 fully saturated rings. The smallest absolute Gasteiger partial charge is 0.354 e. The van der Waals surface area contributed by atoms with Crippen molar-refractivity contribution in [2.24, 2.45) is 0 Å². The Morgan fingerprint density at radius 3 is 2.52 bits per heavy atom. The second kappa shape index (κ2) is 4.86. The van der Waals surface area contributed by atoms with E-state index >= 15 is 0 Å². The summed E-state index contributed by atoms with van der Waals surface area (Å²) in [5.74, 6) is -1.05. The van der Waals surface area contributed by atoms with Crippen LogP contribution in [0.4, 0.5) is 0 Å². The largest absolute Gasteiger partial charge is 0.477 e. The molecule has 21 heavy (non-hydrogen) atoms. The third-order valence-corrected chi connectivity index (χ3v) is 3.55. The SMILES string of the molecule is Cc1nn2c(C)cc(C(=O)O)nc2c1-c1ccc(Cl)cc1. The lowest BCUT2D eigenvalue weighted by molar-refractivity contribution is 0.0690. The first-order valence-corrected chi connectivity index (χ1v) is 6.71. The molecule has 3 aromatic rings. The highest BCUT2D eigenvalue weighted by molar-refractivity contribution is 6.30. The van der Waals surface area contributed by atoms with Gasteiger partial charge in [-0.25, -0.2) is 14.3 Å². The van der Waals surface area contributed by atoms with Gasteiger partial charge < -0.3 is 5.11 Å². The van der Waals surface area contributed by atoms with Crippen molar-refractivity contribution in [1.82, 2.24) is 14.6 Å². The Labute approximate surface area is 125 Å². The molecule has 0 amide bonds. The summed E-state index contributed by atoms with van der Waals surface area (Å²) in [5.41, 5.74) is 3.78. The molecule has 3 rings (SSSR count). The van der Waals surface area contributed by atoms with Crippen LogP contribution in [0.15, 0.2) is 30.3 Å². The molecule has 0 saturated carbocycles. The van der Waals surface area contributed by atoms with Crippen molar-refractivity contribution in [3.8, 4) is 11.1 Å². The van der Waals surface area contributed by atoms with E-state index in [2.05, 4.69) is 10.1 Å². The highest BCUT2D eigenvalue weighted by atomic mass is 35.5. The van der Waals surface area contributed by atoms with Gasteiger partial charge in [0.05, 0.1) is 5.69 Å². The maximum atomic E-state index is 11.2. The van der Waals surface area contributed by atoms with Crippen LogP contribution in [0.1, 0.15) is 21.9 Å². The van der Waals surface area contributed by atoms with Gasteiger partial charge in [0.2, 0.25) is 0 Å². The van der Waals surface area contributed by atoms with Crippen molar-refractivity contribution < 1.29 is 9.90 Å².